The van der Waals surface area contributed by atoms with Crippen LogP contribution < -0.4 is 16.2 Å². The number of nitrogens with one attached hydrogen (secondary N) is 3. The first-order valence-corrected chi connectivity index (χ1v) is 9.62. The fourth-order valence-corrected chi connectivity index (χ4v) is 2.49. The summed E-state index contributed by atoms with van der Waals surface area (Å²) < 4.78 is 0. The first kappa shape index (κ1) is 22.3. The molecule has 0 amide bonds. The van der Waals surface area contributed by atoms with Crippen LogP contribution in [0, 0.1) is 17.3 Å². The van der Waals surface area contributed by atoms with Crippen molar-refractivity contribution >= 4 is 5.71 Å². The molecule has 0 bridgehead atoms. The Kier molecular flexibility index (Phi) is 8.93. The van der Waals surface area contributed by atoms with Crippen molar-refractivity contribution in [1.82, 2.24) is 16.2 Å². The summed E-state index contributed by atoms with van der Waals surface area (Å²) in [6.45, 7) is 13.3. The van der Waals surface area contributed by atoms with E-state index in [0.717, 1.165) is 42.4 Å². The molecule has 26 heavy (non-hydrogen) atoms. The summed E-state index contributed by atoms with van der Waals surface area (Å²) in [5, 5.41) is 12.9. The normalized spacial score (nSPS) is 23.7. The summed E-state index contributed by atoms with van der Waals surface area (Å²) in [7, 11) is 1.81. The van der Waals surface area contributed by atoms with E-state index in [9.17, 15) is 5.11 Å². The van der Waals surface area contributed by atoms with Crippen molar-refractivity contribution in [3.8, 4) is 0 Å². The van der Waals surface area contributed by atoms with Gasteiger partial charge in [0.05, 0.1) is 6.10 Å². The van der Waals surface area contributed by atoms with E-state index >= 15 is 0 Å². The Labute approximate surface area is 159 Å². The number of hydrazine groups is 1. The summed E-state index contributed by atoms with van der Waals surface area (Å²) >= 11 is 0. The number of hydrogen-bond acceptors (Lipinski definition) is 5. The quantitative estimate of drug-likeness (QED) is 0.573. The predicted octanol–water partition coefficient (Wildman–Crippen LogP) is 3.86. The maximum Gasteiger partial charge on any atom is 0.122 e. The van der Waals surface area contributed by atoms with E-state index in [1.54, 1.807) is 0 Å². The van der Waals surface area contributed by atoms with Crippen molar-refractivity contribution < 1.29 is 5.11 Å². The van der Waals surface area contributed by atoms with Crippen molar-refractivity contribution in [2.45, 2.75) is 66.9 Å². The number of hydrogen-bond donors (Lipinski definition) is 4. The number of allylic oxidation sites excluding steroid dienone is 4. The number of aliphatic hydroxyl groups excluding tert-OH is 1. The van der Waals surface area contributed by atoms with Crippen molar-refractivity contribution in [3.05, 3.63) is 35.9 Å². The lowest BCUT2D eigenvalue weighted by atomic mass is 9.84. The Balaban J connectivity index is 0.000000412. The van der Waals surface area contributed by atoms with Gasteiger partial charge in [0.15, 0.2) is 0 Å². The third kappa shape index (κ3) is 8.09. The fraction of sp³-hybridized carbons (Fsp3) is 0.667. The van der Waals surface area contributed by atoms with Gasteiger partial charge in [0.2, 0.25) is 0 Å². The Morgan fingerprint density at radius 2 is 2.00 bits per heavy atom. The summed E-state index contributed by atoms with van der Waals surface area (Å²) in [6.07, 6.45) is 10.3. The summed E-state index contributed by atoms with van der Waals surface area (Å²) in [4.78, 5) is 4.36. The average Bonchev–Trinajstić information content (AvgIpc) is 2.99. The van der Waals surface area contributed by atoms with Crippen LogP contribution in [0.25, 0.3) is 0 Å². The highest BCUT2D eigenvalue weighted by Crippen LogP contribution is 2.27. The van der Waals surface area contributed by atoms with Crippen molar-refractivity contribution in [3.63, 3.8) is 0 Å². The molecule has 0 aromatic heterocycles. The van der Waals surface area contributed by atoms with Crippen LogP contribution in [0.15, 0.2) is 40.9 Å². The van der Waals surface area contributed by atoms with E-state index in [2.05, 4.69) is 61.9 Å². The minimum Gasteiger partial charge on any atom is -0.393 e. The lowest BCUT2D eigenvalue weighted by molar-refractivity contribution is 0.181. The maximum absolute atomic E-state index is 9.61. The number of aliphatic hydroxyl groups is 1. The Hall–Kier alpha value is -1.75. The highest BCUT2D eigenvalue weighted by Gasteiger charge is 2.25. The SMILES string of the molecule is CC(C)C(C)(C)C.CN=C(/C=C(\C)NC1=CC=CNN1)C1CCC(O)C1. The van der Waals surface area contributed by atoms with Crippen LogP contribution in [0.5, 0.6) is 0 Å². The maximum atomic E-state index is 9.61. The molecular formula is C21H38N4O. The van der Waals surface area contributed by atoms with Crippen LogP contribution in [-0.4, -0.2) is 24.0 Å². The number of nitrogens with zero attached hydrogens (tertiary/aromatic N) is 1. The average molecular weight is 363 g/mol. The van der Waals surface area contributed by atoms with Gasteiger partial charge in [-0.25, -0.2) is 0 Å². The van der Waals surface area contributed by atoms with Crippen LogP contribution in [0.2, 0.25) is 0 Å². The van der Waals surface area contributed by atoms with Gasteiger partial charge in [-0.1, -0.05) is 34.6 Å². The molecule has 2 unspecified atom stereocenters. The lowest BCUT2D eigenvalue weighted by Gasteiger charge is -2.22. The second-order valence-corrected chi connectivity index (χ2v) is 8.49. The van der Waals surface area contributed by atoms with Gasteiger partial charge < -0.3 is 15.8 Å². The standard InChI is InChI=1S/C14H22N4O.C7H16/c1-10(17-14-4-3-7-16-18-14)8-13(15-2)11-5-6-12(19)9-11;1-6(2)7(3,4)5/h3-4,7-8,11-12,16-19H,5-6,9H2,1-2H3;6H,1-5H3/b10-8+,15-13?;. The molecule has 1 fully saturated rings. The molecule has 2 atom stereocenters. The summed E-state index contributed by atoms with van der Waals surface area (Å²) in [6, 6.07) is 0. The molecule has 0 spiro atoms. The first-order chi connectivity index (χ1) is 12.1. The molecule has 5 heteroatoms. The molecule has 1 saturated carbocycles. The zero-order valence-corrected chi connectivity index (χ0v) is 17.6. The van der Waals surface area contributed by atoms with Crippen molar-refractivity contribution in [2.75, 3.05) is 7.05 Å². The zero-order chi connectivity index (χ0) is 19.7. The molecular weight excluding hydrogens is 324 g/mol. The fourth-order valence-electron chi connectivity index (χ4n) is 2.49. The molecule has 5 nitrogen and oxygen atoms in total. The Morgan fingerprint density at radius 3 is 2.42 bits per heavy atom. The Bertz CT molecular complexity index is 553. The molecule has 2 rings (SSSR count). The van der Waals surface area contributed by atoms with E-state index < -0.39 is 0 Å². The molecule has 0 aromatic carbocycles. The third-order valence-electron chi connectivity index (χ3n) is 5.16. The first-order valence-electron chi connectivity index (χ1n) is 9.62. The van der Waals surface area contributed by atoms with Crippen LogP contribution in [0.3, 0.4) is 0 Å². The second kappa shape index (κ2) is 10.4. The molecule has 1 aliphatic carbocycles. The van der Waals surface area contributed by atoms with Gasteiger partial charge in [-0.2, -0.15) is 0 Å². The molecule has 2 aliphatic rings. The smallest absolute Gasteiger partial charge is 0.122 e. The van der Waals surface area contributed by atoms with Crippen molar-refractivity contribution in [1.29, 1.82) is 0 Å². The predicted molar refractivity (Wildman–Crippen MR) is 111 cm³/mol. The van der Waals surface area contributed by atoms with Gasteiger partial charge in [-0.3, -0.25) is 10.4 Å². The van der Waals surface area contributed by atoms with Gasteiger partial charge in [0.25, 0.3) is 0 Å². The Morgan fingerprint density at radius 1 is 1.35 bits per heavy atom. The van der Waals surface area contributed by atoms with E-state index in [0.29, 0.717) is 11.3 Å². The molecule has 0 saturated heterocycles. The third-order valence-corrected chi connectivity index (χ3v) is 5.16. The monoisotopic (exact) mass is 362 g/mol. The molecule has 0 radical (unpaired) electrons. The van der Waals surface area contributed by atoms with Crippen LogP contribution in [-0.2, 0) is 0 Å². The van der Waals surface area contributed by atoms with Crippen LogP contribution >= 0.6 is 0 Å². The number of rotatable bonds is 4. The van der Waals surface area contributed by atoms with Gasteiger partial charge in [0.1, 0.15) is 5.82 Å². The van der Waals surface area contributed by atoms with Gasteiger partial charge in [-0.15, -0.1) is 0 Å². The molecule has 0 aromatic rings. The minimum atomic E-state index is -0.166. The topological polar surface area (TPSA) is 68.7 Å². The van der Waals surface area contributed by atoms with Gasteiger partial charge >= 0.3 is 0 Å². The van der Waals surface area contributed by atoms with Crippen LogP contribution in [0.1, 0.15) is 60.8 Å². The van der Waals surface area contributed by atoms with Gasteiger partial charge in [-0.05, 0) is 55.7 Å². The second-order valence-electron chi connectivity index (χ2n) is 8.49. The number of aliphatic imine (C=N–C) groups is 1. The summed E-state index contributed by atoms with van der Waals surface area (Å²) in [5.74, 6) is 2.08. The molecule has 148 valence electrons. The zero-order valence-electron chi connectivity index (χ0n) is 17.6. The van der Waals surface area contributed by atoms with E-state index in [1.165, 1.54) is 0 Å². The van der Waals surface area contributed by atoms with E-state index in [4.69, 9.17) is 0 Å². The van der Waals surface area contributed by atoms with Crippen LogP contribution in [0.4, 0.5) is 0 Å². The molecule has 1 aliphatic heterocycles. The highest BCUT2D eigenvalue weighted by atomic mass is 16.3. The molecule has 4 N–H and O–H groups in total. The summed E-state index contributed by atoms with van der Waals surface area (Å²) in [5.41, 5.74) is 8.51. The largest absolute Gasteiger partial charge is 0.393 e. The minimum absolute atomic E-state index is 0.166. The highest BCUT2D eigenvalue weighted by molar-refractivity contribution is 5.97. The van der Waals surface area contributed by atoms with E-state index in [1.807, 2.05) is 32.3 Å². The van der Waals surface area contributed by atoms with Crippen molar-refractivity contribution in [2.24, 2.45) is 22.2 Å². The molecule has 1 heterocycles. The van der Waals surface area contributed by atoms with E-state index in [-0.39, 0.29) is 6.10 Å². The van der Waals surface area contributed by atoms with Gasteiger partial charge in [0, 0.05) is 30.6 Å². The lowest BCUT2D eigenvalue weighted by Crippen LogP contribution is -2.35.